The van der Waals surface area contributed by atoms with Crippen molar-refractivity contribution in [3.05, 3.63) is 274 Å². The van der Waals surface area contributed by atoms with Crippen LogP contribution in [0.15, 0.2) is 141 Å². The number of amides is 8. The highest BCUT2D eigenvalue weighted by Gasteiger charge is 2.76. The Morgan fingerprint density at radius 3 is 0.723 bits per heavy atom. The molecule has 11 aliphatic rings. The molecule has 0 radical (unpaired) electrons. The van der Waals surface area contributed by atoms with Gasteiger partial charge in [0.25, 0.3) is 22.2 Å². The van der Waals surface area contributed by atoms with Gasteiger partial charge in [-0.1, -0.05) is 252 Å². The molecule has 6 aromatic carbocycles. The number of nitrogens with zero attached hydrogens (tertiary/aromatic N) is 8. The fraction of sp³-hybridized carbons (Fsp3) is 0.478. The second kappa shape index (κ2) is 29.1. The molecule has 3 aliphatic carbocycles. The number of benzene rings is 6. The van der Waals surface area contributed by atoms with Crippen LogP contribution < -0.4 is 43.5 Å². The van der Waals surface area contributed by atoms with Crippen LogP contribution in [0, 0.1) is 0 Å². The summed E-state index contributed by atoms with van der Waals surface area (Å²) in [6.45, 7) is 9.60. The smallest absolute Gasteiger partial charge is 0.307 e. The fourth-order valence-corrected chi connectivity index (χ4v) is 21.6. The van der Waals surface area contributed by atoms with E-state index in [1.807, 2.05) is 19.6 Å². The first kappa shape index (κ1) is 73.3. The van der Waals surface area contributed by atoms with Gasteiger partial charge in [0.05, 0.1) is 52.4 Å². The zero-order valence-electron chi connectivity index (χ0n) is 65.6. The molecule has 10 heterocycles. The molecule has 8 aliphatic heterocycles. The lowest BCUT2D eigenvalue weighted by Gasteiger charge is -2.46. The largest absolute Gasteiger partial charge is 0.322 e. The highest BCUT2D eigenvalue weighted by atomic mass is 16.2. The summed E-state index contributed by atoms with van der Waals surface area (Å²) in [5, 5.41) is 13.5. The van der Waals surface area contributed by atoms with Crippen LogP contribution in [0.4, 0.5) is 19.2 Å². The third-order valence-electron chi connectivity index (χ3n) is 27.3. The number of rotatable bonds is 28. The summed E-state index contributed by atoms with van der Waals surface area (Å²) >= 11 is 0. The van der Waals surface area contributed by atoms with E-state index < -0.39 is 34.5 Å². The maximum atomic E-state index is 15.7. The predicted molar refractivity (Wildman–Crippen MR) is 431 cm³/mol. The zero-order valence-corrected chi connectivity index (χ0v) is 65.6. The maximum Gasteiger partial charge on any atom is 0.322 e. The molecule has 4 N–H and O–H groups in total. The second-order valence-electron chi connectivity index (χ2n) is 33.9. The van der Waals surface area contributed by atoms with Crippen molar-refractivity contribution in [2.45, 2.75) is 281 Å². The number of unbranched alkanes of at least 4 members (excludes halogenated alkanes) is 16. The minimum absolute atomic E-state index is 0.0407. The van der Waals surface area contributed by atoms with Crippen molar-refractivity contribution in [2.75, 3.05) is 0 Å². The number of aryl methyl sites for hydroxylation is 4. The van der Waals surface area contributed by atoms with E-state index in [1.165, 1.54) is 118 Å². The van der Waals surface area contributed by atoms with Crippen LogP contribution in [-0.4, -0.2) is 62.5 Å². The number of hydrogen-bond acceptors (Lipinski definition) is 8. The average Bonchev–Trinajstić information content (AvgIpc) is 1.46. The lowest BCUT2D eigenvalue weighted by molar-refractivity contribution is -0.0154. The van der Waals surface area contributed by atoms with E-state index in [0.29, 0.717) is 12.8 Å². The number of urea groups is 4. The van der Waals surface area contributed by atoms with Gasteiger partial charge >= 0.3 is 24.1 Å². The van der Waals surface area contributed by atoms with Gasteiger partial charge in [-0.3, -0.25) is 38.8 Å². The Hall–Kier alpha value is -10.2. The lowest BCUT2D eigenvalue weighted by atomic mass is 9.65. The molecule has 19 rings (SSSR count). The van der Waals surface area contributed by atoms with Crippen LogP contribution >= 0.6 is 0 Å². The highest BCUT2D eigenvalue weighted by molar-refractivity contribution is 5.91. The third-order valence-corrected chi connectivity index (χ3v) is 27.3. The lowest BCUT2D eigenvalue weighted by Crippen LogP contribution is -2.61. The molecule has 4 fully saturated rings. The van der Waals surface area contributed by atoms with E-state index in [1.54, 1.807) is 0 Å². The van der Waals surface area contributed by atoms with Gasteiger partial charge in [0.15, 0.2) is 22.7 Å². The number of carbonyl (C=O) groups is 4. The molecule has 2 bridgehead atoms. The molecule has 582 valence electrons. The first-order valence-electron chi connectivity index (χ1n) is 42.4. The molecule has 8 amide bonds. The summed E-state index contributed by atoms with van der Waals surface area (Å²) < 4.78 is 6.06. The molecule has 0 saturated carbocycles. The molecule has 20 heteroatoms. The summed E-state index contributed by atoms with van der Waals surface area (Å²) in [4.78, 5) is 131. The van der Waals surface area contributed by atoms with Crippen molar-refractivity contribution < 1.29 is 19.2 Å². The number of fused-ring (bicyclic) bond motifs is 7. The minimum Gasteiger partial charge on any atom is -0.307 e. The van der Waals surface area contributed by atoms with Gasteiger partial charge in [-0.25, -0.2) is 37.9 Å². The molecule has 0 unspecified atom stereocenters. The van der Waals surface area contributed by atoms with Crippen LogP contribution in [0.5, 0.6) is 0 Å². The Morgan fingerprint density at radius 1 is 0.277 bits per heavy atom. The van der Waals surface area contributed by atoms with Gasteiger partial charge in [0.1, 0.15) is 0 Å². The maximum absolute atomic E-state index is 15.7. The third kappa shape index (κ3) is 11.4. The first-order chi connectivity index (χ1) is 54.6. The Kier molecular flexibility index (Phi) is 19.0. The molecule has 0 spiro atoms. The highest BCUT2D eigenvalue weighted by Crippen LogP contribution is 2.59. The predicted octanol–water partition coefficient (Wildman–Crippen LogP) is 15.1. The topological polar surface area (TPSA) is 217 Å². The summed E-state index contributed by atoms with van der Waals surface area (Å²) in [6, 6.07) is 40.6. The number of hydrogen-bond donors (Lipinski definition) is 4. The zero-order chi connectivity index (χ0) is 77.0. The Balaban J connectivity index is 0.658. The van der Waals surface area contributed by atoms with E-state index in [0.717, 1.165) is 144 Å². The van der Waals surface area contributed by atoms with Crippen molar-refractivity contribution in [3.8, 4) is 0 Å². The normalized spacial score (nSPS) is 22.8. The van der Waals surface area contributed by atoms with Crippen LogP contribution in [-0.2, 0) is 101 Å². The van der Waals surface area contributed by atoms with E-state index in [2.05, 4.69) is 170 Å². The van der Waals surface area contributed by atoms with Crippen molar-refractivity contribution in [3.63, 3.8) is 0 Å². The van der Waals surface area contributed by atoms with E-state index in [4.69, 9.17) is 0 Å². The molecule has 8 aromatic rings. The van der Waals surface area contributed by atoms with E-state index >= 15 is 38.4 Å². The van der Waals surface area contributed by atoms with Crippen molar-refractivity contribution >= 4 is 24.1 Å². The minimum atomic E-state index is -1.39. The van der Waals surface area contributed by atoms with Crippen molar-refractivity contribution in [1.29, 1.82) is 0 Å². The monoisotopic (exact) mass is 1510 g/mol. The summed E-state index contributed by atoms with van der Waals surface area (Å²) in [6.07, 6.45) is 27.8. The quantitative estimate of drug-likeness (QED) is 0.0345. The molecular weight excluding hydrogens is 1400 g/mol. The molecule has 112 heavy (non-hydrogen) atoms. The van der Waals surface area contributed by atoms with Crippen molar-refractivity contribution in [1.82, 2.24) is 59.6 Å². The SMILES string of the molecule is CCCCCCCc1ccc(C23NC(=O)N4Cc5cc6c(cc5CN(C(=O)N2)C43c2ccc(CCCCCCC)cc2)Cn2c(=O)c3c(c(=O)n2C6)C2CCC3c3c2c(=O)n2n(c3=O)Cc3cc4c(cc3C2)CN2C(=O)NC3(c5ccc(CCCCCCC)cc5)NC(=O)N(C4)C23c2ccc(CCCCCCC)cc2)cc1. The van der Waals surface area contributed by atoms with E-state index in [9.17, 15) is 0 Å². The average molecular weight is 1510 g/mol. The Bertz CT molecular complexity index is 4820. The molecule has 20 nitrogen and oxygen atoms in total. The van der Waals surface area contributed by atoms with Crippen LogP contribution in [0.25, 0.3) is 0 Å². The van der Waals surface area contributed by atoms with E-state index in [-0.39, 0.29) is 121 Å². The van der Waals surface area contributed by atoms with Gasteiger partial charge in [0.2, 0.25) is 0 Å². The molecule has 2 aromatic heterocycles. The Morgan fingerprint density at radius 2 is 0.491 bits per heavy atom. The molecular formula is C92H106N12O8. The number of carbonyl (C=O) groups excluding carboxylic acids is 4. The van der Waals surface area contributed by atoms with Gasteiger partial charge in [-0.05, 0) is 131 Å². The number of nitrogens with one attached hydrogen (secondary N) is 4. The Labute approximate surface area is 654 Å². The molecule has 4 saturated heterocycles. The van der Waals surface area contributed by atoms with Crippen molar-refractivity contribution in [2.24, 2.45) is 0 Å². The second-order valence-corrected chi connectivity index (χ2v) is 33.9. The fourth-order valence-electron chi connectivity index (χ4n) is 21.6. The standard InChI is InChI=1S/C92H106N12O8/c1-5-9-13-17-21-25-59-29-37-71(38-30-59)89-91(73-41-33-61(34-42-73)27-23-19-15-11-7-3)97(85(109)93-89)51-63-47-67-55-101-81(105)77-75-45-46-76(78(77)82(106)102(101)56-68(67)48-64(63)52-98(91)86(110)94-89)80-79(75)83(107)103-57-69-49-65-53-99-87(111)95-90(72-39-31-60(32-40-72)26-22-18-14-10-6-2)92(99,74-43-35-62(36-44-74)28-24-20-16-12-8-4)100(88(112)96-90)54-66(65)50-70(69)58-104(103)84(80)108/h29-44,47-50,75-76H,5-28,45-46,51-58H2,1-4H3,(H,93,109)(H,94,110)(H,95,111)(H,96,112). The van der Waals surface area contributed by atoms with Gasteiger partial charge in [-0.2, -0.15) is 0 Å². The van der Waals surface area contributed by atoms with Gasteiger partial charge in [-0.15, -0.1) is 0 Å². The van der Waals surface area contributed by atoms with Crippen LogP contribution in [0.1, 0.15) is 292 Å². The summed E-state index contributed by atoms with van der Waals surface area (Å²) in [7, 11) is 0. The molecule has 0 atom stereocenters. The van der Waals surface area contributed by atoms with Gasteiger partial charge < -0.3 is 21.3 Å². The van der Waals surface area contributed by atoms with Gasteiger partial charge in [0, 0.05) is 56.3 Å². The van der Waals surface area contributed by atoms with Crippen LogP contribution in [0.2, 0.25) is 0 Å². The van der Waals surface area contributed by atoms with Crippen LogP contribution in [0.3, 0.4) is 0 Å². The summed E-state index contributed by atoms with van der Waals surface area (Å²) in [5.41, 5.74) is 8.49. The first-order valence-corrected chi connectivity index (χ1v) is 42.4. The summed E-state index contributed by atoms with van der Waals surface area (Å²) in [5.74, 6) is -1.61. The number of aromatic nitrogens is 4.